The van der Waals surface area contributed by atoms with Crippen LogP contribution in [0.1, 0.15) is 43.9 Å². The van der Waals surface area contributed by atoms with Gasteiger partial charge < -0.3 is 5.32 Å². The molecule has 0 amide bonds. The first-order valence-corrected chi connectivity index (χ1v) is 12.2. The lowest BCUT2D eigenvalue weighted by Gasteiger charge is -2.38. The van der Waals surface area contributed by atoms with Crippen molar-refractivity contribution in [3.05, 3.63) is 81.2 Å². The molecule has 0 saturated heterocycles. The van der Waals surface area contributed by atoms with Crippen molar-refractivity contribution in [1.29, 1.82) is 0 Å². The largest absolute Gasteiger partial charge is 0.328 e. The van der Waals surface area contributed by atoms with Crippen molar-refractivity contribution in [2.45, 2.75) is 43.6 Å². The van der Waals surface area contributed by atoms with Gasteiger partial charge in [0.05, 0.1) is 0 Å². The number of thioether (sulfide) groups is 1. The zero-order chi connectivity index (χ0) is 22.5. The molecule has 1 N–H and O–H groups in total. The lowest BCUT2D eigenvalue weighted by Crippen LogP contribution is -2.36. The second-order valence-corrected chi connectivity index (χ2v) is 10.9. The predicted molar refractivity (Wildman–Crippen MR) is 127 cm³/mol. The molecule has 1 aromatic heterocycles. The molecule has 1 aliphatic heterocycles. The molecule has 2 aromatic carbocycles. The summed E-state index contributed by atoms with van der Waals surface area (Å²) in [6, 6.07) is 14.2. The van der Waals surface area contributed by atoms with Crippen LogP contribution in [0.25, 0.3) is 0 Å². The molecule has 2 aliphatic rings. The summed E-state index contributed by atoms with van der Waals surface area (Å²) >= 11 is 4.94. The lowest BCUT2D eigenvalue weighted by molar-refractivity contribution is -0.118. The van der Waals surface area contributed by atoms with Crippen molar-refractivity contribution in [1.82, 2.24) is 14.8 Å². The number of anilines is 1. The number of Topliss-reactive ketones (excluding diaryl/α,β-unsaturated/α-hetero) is 1. The minimum Gasteiger partial charge on any atom is -0.328 e. The molecule has 0 unspecified atom stereocenters. The van der Waals surface area contributed by atoms with Crippen molar-refractivity contribution in [2.75, 3.05) is 5.32 Å². The van der Waals surface area contributed by atoms with Gasteiger partial charge in [0.1, 0.15) is 11.9 Å². The molecule has 8 heteroatoms. The first-order chi connectivity index (χ1) is 15.3. The minimum atomic E-state index is -0.325. The maximum atomic E-state index is 13.5. The van der Waals surface area contributed by atoms with Gasteiger partial charge in [-0.3, -0.25) is 4.79 Å². The third-order valence-electron chi connectivity index (χ3n) is 5.76. The van der Waals surface area contributed by atoms with E-state index in [-0.39, 0.29) is 23.1 Å². The van der Waals surface area contributed by atoms with E-state index in [1.165, 1.54) is 23.9 Å². The van der Waals surface area contributed by atoms with Crippen LogP contribution in [0.2, 0.25) is 0 Å². The van der Waals surface area contributed by atoms with Gasteiger partial charge >= 0.3 is 0 Å². The average Bonchev–Trinajstić information content (AvgIpc) is 3.13. The van der Waals surface area contributed by atoms with Crippen LogP contribution in [0, 0.1) is 11.2 Å². The van der Waals surface area contributed by atoms with Crippen LogP contribution in [-0.4, -0.2) is 20.5 Å². The molecule has 0 spiro atoms. The van der Waals surface area contributed by atoms with Gasteiger partial charge in [-0.25, -0.2) is 9.07 Å². The van der Waals surface area contributed by atoms with Gasteiger partial charge in [-0.15, -0.1) is 5.10 Å². The van der Waals surface area contributed by atoms with E-state index in [0.29, 0.717) is 23.3 Å². The molecule has 164 valence electrons. The maximum Gasteiger partial charge on any atom is 0.227 e. The highest BCUT2D eigenvalue weighted by Crippen LogP contribution is 2.45. The Labute approximate surface area is 198 Å². The summed E-state index contributed by atoms with van der Waals surface area (Å²) in [4.78, 5) is 17.9. The number of carbonyl (C=O) groups excluding carboxylic acids is 1. The molecular weight excluding hydrogens is 491 g/mol. The lowest BCUT2D eigenvalue weighted by atomic mass is 9.73. The Kier molecular flexibility index (Phi) is 5.45. The number of nitrogens with zero attached hydrogens (tertiary/aromatic N) is 3. The highest BCUT2D eigenvalue weighted by Gasteiger charge is 2.41. The quantitative estimate of drug-likeness (QED) is 0.426. The predicted octanol–water partition coefficient (Wildman–Crippen LogP) is 6.13. The Morgan fingerprint density at radius 3 is 2.75 bits per heavy atom. The third kappa shape index (κ3) is 4.13. The summed E-state index contributed by atoms with van der Waals surface area (Å²) < 4.78 is 16.3. The number of aromatic nitrogens is 3. The normalized spacial score (nSPS) is 19.4. The molecule has 0 fully saturated rings. The van der Waals surface area contributed by atoms with Crippen molar-refractivity contribution in [3.63, 3.8) is 0 Å². The van der Waals surface area contributed by atoms with E-state index in [9.17, 15) is 9.18 Å². The Bertz CT molecular complexity index is 1240. The number of hydrogen-bond donors (Lipinski definition) is 1. The van der Waals surface area contributed by atoms with Gasteiger partial charge in [-0.05, 0) is 47.2 Å². The average molecular weight is 513 g/mol. The van der Waals surface area contributed by atoms with Crippen molar-refractivity contribution in [2.24, 2.45) is 5.41 Å². The second kappa shape index (κ2) is 8.15. The molecule has 32 heavy (non-hydrogen) atoms. The van der Waals surface area contributed by atoms with E-state index in [1.54, 1.807) is 6.07 Å². The fourth-order valence-corrected chi connectivity index (χ4v) is 5.41. The number of hydrogen-bond acceptors (Lipinski definition) is 5. The molecule has 1 aliphatic carbocycles. The topological polar surface area (TPSA) is 59.8 Å². The number of allylic oxidation sites excluding steroid dienone is 2. The Balaban J connectivity index is 1.52. The minimum absolute atomic E-state index is 0.107. The number of fused-ring (bicyclic) bond motifs is 1. The first-order valence-electron chi connectivity index (χ1n) is 10.4. The molecule has 5 rings (SSSR count). The fourth-order valence-electron chi connectivity index (χ4n) is 4.38. The number of ketones is 1. The van der Waals surface area contributed by atoms with Gasteiger partial charge in [0, 0.05) is 27.9 Å². The van der Waals surface area contributed by atoms with Crippen molar-refractivity contribution in [3.8, 4) is 0 Å². The SMILES string of the molecule is CC1(C)CC(=O)C2=C(C1)Nc1nc(SCc3cccc(F)c3)nn1[C@@H]2c1ccc(Br)cc1. The van der Waals surface area contributed by atoms with Gasteiger partial charge in [0.25, 0.3) is 0 Å². The first kappa shape index (κ1) is 21.4. The standard InChI is InChI=1S/C24H22BrFN4OS/c1-24(2)11-18-20(19(31)12-24)21(15-6-8-16(25)9-7-15)30-22(27-18)28-23(29-30)32-13-14-4-3-5-17(26)10-14/h3-10,21H,11-13H2,1-2H3,(H,27,28,29)/t21-/m1/s1. The van der Waals surface area contributed by atoms with E-state index < -0.39 is 0 Å². The van der Waals surface area contributed by atoms with Crippen LogP contribution >= 0.6 is 27.7 Å². The molecule has 0 saturated carbocycles. The van der Waals surface area contributed by atoms with Gasteiger partial charge in [-0.1, -0.05) is 65.8 Å². The third-order valence-corrected chi connectivity index (χ3v) is 7.19. The van der Waals surface area contributed by atoms with E-state index >= 15 is 0 Å². The van der Waals surface area contributed by atoms with Crippen molar-refractivity contribution < 1.29 is 9.18 Å². The molecule has 0 bridgehead atoms. The molecular formula is C24H22BrFN4OS. The van der Waals surface area contributed by atoms with Gasteiger partial charge in [-0.2, -0.15) is 4.98 Å². The van der Waals surface area contributed by atoms with Gasteiger partial charge in [0.15, 0.2) is 5.78 Å². The number of nitrogens with one attached hydrogen (secondary N) is 1. The number of benzene rings is 2. The zero-order valence-corrected chi connectivity index (χ0v) is 20.1. The van der Waals surface area contributed by atoms with Crippen LogP contribution in [0.5, 0.6) is 0 Å². The summed E-state index contributed by atoms with van der Waals surface area (Å²) in [5.41, 5.74) is 3.45. The summed E-state index contributed by atoms with van der Waals surface area (Å²) in [7, 11) is 0. The van der Waals surface area contributed by atoms with Gasteiger partial charge in [0.2, 0.25) is 11.1 Å². The van der Waals surface area contributed by atoms with E-state index in [0.717, 1.165) is 33.3 Å². The van der Waals surface area contributed by atoms with E-state index in [2.05, 4.69) is 35.1 Å². The van der Waals surface area contributed by atoms with E-state index in [1.807, 2.05) is 35.0 Å². The Hall–Kier alpha value is -2.45. The molecule has 0 radical (unpaired) electrons. The monoisotopic (exact) mass is 512 g/mol. The summed E-state index contributed by atoms with van der Waals surface area (Å²) in [5.74, 6) is 1.08. The highest BCUT2D eigenvalue weighted by atomic mass is 79.9. The summed E-state index contributed by atoms with van der Waals surface area (Å²) in [6.07, 6.45) is 1.28. The number of halogens is 2. The number of carbonyl (C=O) groups is 1. The van der Waals surface area contributed by atoms with Crippen LogP contribution in [0.3, 0.4) is 0 Å². The smallest absolute Gasteiger partial charge is 0.227 e. The summed E-state index contributed by atoms with van der Waals surface area (Å²) in [6.45, 7) is 4.23. The van der Waals surface area contributed by atoms with Crippen LogP contribution in [0.4, 0.5) is 10.3 Å². The highest BCUT2D eigenvalue weighted by molar-refractivity contribution is 9.10. The molecule has 5 nitrogen and oxygen atoms in total. The fraction of sp³-hybridized carbons (Fsp3) is 0.292. The van der Waals surface area contributed by atoms with Crippen molar-refractivity contribution >= 4 is 39.4 Å². The second-order valence-electron chi connectivity index (χ2n) is 8.99. The van der Waals surface area contributed by atoms with Crippen LogP contribution in [-0.2, 0) is 10.5 Å². The molecule has 2 heterocycles. The number of rotatable bonds is 4. The van der Waals surface area contributed by atoms with Crippen LogP contribution in [0.15, 0.2) is 69.4 Å². The Morgan fingerprint density at radius 2 is 2.00 bits per heavy atom. The summed E-state index contributed by atoms with van der Waals surface area (Å²) in [5, 5.41) is 8.72. The molecule has 3 aromatic rings. The maximum absolute atomic E-state index is 13.5. The zero-order valence-electron chi connectivity index (χ0n) is 17.7. The van der Waals surface area contributed by atoms with E-state index in [4.69, 9.17) is 10.1 Å². The Morgan fingerprint density at radius 1 is 1.22 bits per heavy atom. The molecule has 1 atom stereocenters. The van der Waals surface area contributed by atoms with Crippen LogP contribution < -0.4 is 5.32 Å².